The van der Waals surface area contributed by atoms with E-state index in [1.165, 1.54) is 289 Å². The predicted molar refractivity (Wildman–Crippen MR) is 342 cm³/mol. The van der Waals surface area contributed by atoms with Gasteiger partial charge < -0.3 is 35.2 Å². The minimum atomic E-state index is -5.09. The smallest absolute Gasteiger partial charge is 0.394 e. The van der Waals surface area contributed by atoms with Gasteiger partial charge in [-0.25, -0.2) is 4.18 Å². The first-order chi connectivity index (χ1) is 40.0. The third kappa shape index (κ3) is 49.7. The molecule has 0 spiro atoms. The van der Waals surface area contributed by atoms with Crippen LogP contribution in [-0.4, -0.2) is 95.4 Å². The van der Waals surface area contributed by atoms with E-state index >= 15 is 0 Å². The highest BCUT2D eigenvalue weighted by molar-refractivity contribution is 7.80. The lowest BCUT2D eigenvalue weighted by Gasteiger charge is -2.41. The molecule has 1 saturated heterocycles. The molecule has 0 radical (unpaired) electrons. The van der Waals surface area contributed by atoms with Crippen molar-refractivity contribution in [3.63, 3.8) is 0 Å². The molecule has 0 aromatic heterocycles. The van der Waals surface area contributed by atoms with E-state index in [1.807, 2.05) is 6.08 Å². The number of aliphatic hydroxyl groups excluding tert-OH is 4. The van der Waals surface area contributed by atoms with Crippen LogP contribution in [0.4, 0.5) is 0 Å². The van der Waals surface area contributed by atoms with Crippen molar-refractivity contribution in [2.75, 3.05) is 13.2 Å². The van der Waals surface area contributed by atoms with E-state index in [4.69, 9.17) is 9.47 Å². The van der Waals surface area contributed by atoms with Crippen LogP contribution < -0.4 is 5.32 Å². The molecule has 1 aliphatic rings. The van der Waals surface area contributed by atoms with Gasteiger partial charge in [-0.3, -0.25) is 9.35 Å². The van der Waals surface area contributed by atoms with E-state index in [0.717, 1.165) is 38.5 Å². The van der Waals surface area contributed by atoms with Crippen molar-refractivity contribution in [1.29, 1.82) is 0 Å². The summed E-state index contributed by atoms with van der Waals surface area (Å²) in [5.74, 6) is -0.255. The fourth-order valence-electron chi connectivity index (χ4n) is 11.6. The molecule has 82 heavy (non-hydrogen) atoms. The molecule has 0 aliphatic carbocycles. The number of rotatable bonds is 63. The quantitative estimate of drug-likeness (QED) is 0.0193. The van der Waals surface area contributed by atoms with Gasteiger partial charge in [-0.15, -0.1) is 0 Å². The molecule has 0 saturated carbocycles. The molecule has 0 aromatic rings. The van der Waals surface area contributed by atoms with Gasteiger partial charge in [-0.2, -0.15) is 8.42 Å². The topological polar surface area (TPSA) is 192 Å². The van der Waals surface area contributed by atoms with Gasteiger partial charge >= 0.3 is 10.4 Å². The number of hydrogen-bond donors (Lipinski definition) is 6. The highest BCUT2D eigenvalue weighted by Crippen LogP contribution is 2.26. The van der Waals surface area contributed by atoms with Crippen LogP contribution in [0.3, 0.4) is 0 Å². The van der Waals surface area contributed by atoms with Crippen molar-refractivity contribution in [3.05, 3.63) is 24.3 Å². The Morgan fingerprint density at radius 2 is 0.780 bits per heavy atom. The molecular formula is C69H133NO11S. The number of carbonyl (C=O) groups excluding carboxylic acids is 1. The van der Waals surface area contributed by atoms with Crippen LogP contribution >= 0.6 is 0 Å². The van der Waals surface area contributed by atoms with Gasteiger partial charge in [-0.05, 0) is 44.9 Å². The lowest BCUT2D eigenvalue weighted by molar-refractivity contribution is -0.298. The number of nitrogens with one attached hydrogen (secondary N) is 1. The second kappa shape index (κ2) is 58.6. The van der Waals surface area contributed by atoms with E-state index in [-0.39, 0.29) is 18.9 Å². The van der Waals surface area contributed by atoms with Crippen LogP contribution in [0.2, 0.25) is 0 Å². The van der Waals surface area contributed by atoms with E-state index in [9.17, 15) is 38.2 Å². The van der Waals surface area contributed by atoms with Crippen molar-refractivity contribution in [2.24, 2.45) is 0 Å². The summed E-state index contributed by atoms with van der Waals surface area (Å²) >= 11 is 0. The average Bonchev–Trinajstić information content (AvgIpc) is 3.60. The van der Waals surface area contributed by atoms with Crippen LogP contribution in [0, 0.1) is 0 Å². The van der Waals surface area contributed by atoms with Gasteiger partial charge in [-0.1, -0.05) is 327 Å². The van der Waals surface area contributed by atoms with Gasteiger partial charge in [0.05, 0.1) is 25.4 Å². The number of amides is 1. The summed E-state index contributed by atoms with van der Waals surface area (Å²) in [6.07, 6.45) is 66.8. The van der Waals surface area contributed by atoms with Gasteiger partial charge in [0.1, 0.15) is 24.4 Å². The zero-order chi connectivity index (χ0) is 59.7. The molecule has 0 bridgehead atoms. The Morgan fingerprint density at radius 1 is 0.476 bits per heavy atom. The number of unbranched alkanes of at least 4 members (excludes halogenated alkanes) is 49. The number of ether oxygens (including phenoxy) is 2. The Labute approximate surface area is 505 Å². The highest BCUT2D eigenvalue weighted by atomic mass is 32.3. The SMILES string of the molecule is CCCCCCCCCCCCCC/C=C\CCCCCCCCCCCCCCCCCC(=O)NC(COC1OC(CO)C(O)C(OS(=O)(=O)O)C1O)C(O)/C=C/CCCCCCCCCCCCCCCCCCCCCCCC. The molecule has 1 amide bonds. The van der Waals surface area contributed by atoms with E-state index in [0.29, 0.717) is 6.42 Å². The van der Waals surface area contributed by atoms with Crippen molar-refractivity contribution in [3.8, 4) is 0 Å². The number of carbonyl (C=O) groups is 1. The Hall–Kier alpha value is -1.42. The zero-order valence-electron chi connectivity index (χ0n) is 53.3. The molecule has 7 unspecified atom stereocenters. The molecule has 1 fully saturated rings. The second-order valence-corrected chi connectivity index (χ2v) is 25.9. The van der Waals surface area contributed by atoms with Crippen LogP contribution in [0.1, 0.15) is 354 Å². The van der Waals surface area contributed by atoms with Crippen molar-refractivity contribution >= 4 is 16.3 Å². The first kappa shape index (κ1) is 78.6. The lowest BCUT2D eigenvalue weighted by Crippen LogP contribution is -2.61. The van der Waals surface area contributed by atoms with E-state index in [1.54, 1.807) is 6.08 Å². The first-order valence-corrected chi connectivity index (χ1v) is 36.6. The fourth-order valence-corrected chi connectivity index (χ4v) is 12.1. The third-order valence-electron chi connectivity index (χ3n) is 17.0. The van der Waals surface area contributed by atoms with Gasteiger partial charge in [0, 0.05) is 6.42 Å². The zero-order valence-corrected chi connectivity index (χ0v) is 54.2. The summed E-state index contributed by atoms with van der Waals surface area (Å²) in [4.78, 5) is 13.2. The molecule has 486 valence electrons. The monoisotopic (exact) mass is 1180 g/mol. The number of allylic oxidation sites excluding steroid dienone is 3. The predicted octanol–water partition coefficient (Wildman–Crippen LogP) is 18.3. The maximum Gasteiger partial charge on any atom is 0.397 e. The maximum atomic E-state index is 13.2. The standard InChI is InChI=1S/C69H133NO11S/c1-3-5-7-9-11-13-15-17-19-21-23-25-27-29-30-31-32-33-34-35-37-39-41-43-45-47-49-51-53-55-57-59-65(73)70-62(61-79-69-67(75)68(81-82(76,77)78)66(74)64(60-71)80-69)63(72)58-56-54-52-50-48-46-44-42-40-38-36-28-26-24-22-20-18-16-14-12-10-8-6-4-2/h29-30,56,58,62-64,66-69,71-72,74-75H,3-28,31-55,57,59-61H2,1-2H3,(H,70,73)(H,76,77,78)/b30-29-,58-56+. The summed E-state index contributed by atoms with van der Waals surface area (Å²) in [5.41, 5.74) is 0. The molecule has 7 atom stereocenters. The minimum absolute atomic E-state index is 0.255. The van der Waals surface area contributed by atoms with Crippen molar-refractivity contribution in [2.45, 2.75) is 397 Å². The maximum absolute atomic E-state index is 13.2. The summed E-state index contributed by atoms with van der Waals surface area (Å²) < 4.78 is 48.1. The number of aliphatic hydroxyl groups is 4. The Balaban J connectivity index is 2.25. The Bertz CT molecular complexity index is 1530. The molecule has 6 N–H and O–H groups in total. The van der Waals surface area contributed by atoms with Crippen molar-refractivity contribution < 1.29 is 51.8 Å². The summed E-state index contributed by atoms with van der Waals surface area (Å²) in [6, 6.07) is -0.944. The van der Waals surface area contributed by atoms with E-state index < -0.39 is 59.9 Å². The fraction of sp³-hybridized carbons (Fsp3) is 0.928. The first-order valence-electron chi connectivity index (χ1n) is 35.2. The average molecular weight is 1180 g/mol. The largest absolute Gasteiger partial charge is 0.397 e. The van der Waals surface area contributed by atoms with Gasteiger partial charge in [0.25, 0.3) is 0 Å². The van der Waals surface area contributed by atoms with Crippen LogP contribution in [0.5, 0.6) is 0 Å². The summed E-state index contributed by atoms with van der Waals surface area (Å²) in [7, 11) is -5.09. The molecule has 12 nitrogen and oxygen atoms in total. The Morgan fingerprint density at radius 3 is 1.10 bits per heavy atom. The van der Waals surface area contributed by atoms with Crippen LogP contribution in [-0.2, 0) is 28.9 Å². The summed E-state index contributed by atoms with van der Waals surface area (Å²) in [6.45, 7) is 3.46. The number of hydrogen-bond acceptors (Lipinski definition) is 10. The molecule has 13 heteroatoms. The molecular weight excluding hydrogens is 1050 g/mol. The third-order valence-corrected chi connectivity index (χ3v) is 17.4. The van der Waals surface area contributed by atoms with Gasteiger partial charge in [0.15, 0.2) is 6.29 Å². The molecule has 1 aliphatic heterocycles. The lowest BCUT2D eigenvalue weighted by atomic mass is 9.99. The summed E-state index contributed by atoms with van der Waals surface area (Å²) in [5, 5.41) is 45.2. The minimum Gasteiger partial charge on any atom is -0.394 e. The van der Waals surface area contributed by atoms with Gasteiger partial charge in [0.2, 0.25) is 5.91 Å². The Kier molecular flexibility index (Phi) is 56.2. The van der Waals surface area contributed by atoms with Crippen LogP contribution in [0.25, 0.3) is 0 Å². The van der Waals surface area contributed by atoms with Crippen molar-refractivity contribution in [1.82, 2.24) is 5.32 Å². The molecule has 0 aromatic carbocycles. The molecule has 1 rings (SSSR count). The molecule has 1 heterocycles. The normalized spacial score (nSPS) is 18.5. The van der Waals surface area contributed by atoms with E-state index in [2.05, 4.69) is 35.5 Å². The van der Waals surface area contributed by atoms with Crippen LogP contribution in [0.15, 0.2) is 24.3 Å². The second-order valence-electron chi connectivity index (χ2n) is 24.8. The highest BCUT2D eigenvalue weighted by Gasteiger charge is 2.48.